The summed E-state index contributed by atoms with van der Waals surface area (Å²) in [5, 5.41) is 17.2. The number of imidazole rings is 1. The molecule has 0 aliphatic rings. The number of aliphatic hydroxyl groups is 1. The molecule has 0 bridgehead atoms. The van der Waals surface area contributed by atoms with Crippen LogP contribution in [0, 0.1) is 5.92 Å². The van der Waals surface area contributed by atoms with Crippen LogP contribution in [0.2, 0.25) is 5.02 Å². The first-order valence-electron chi connectivity index (χ1n) is 9.66. The molecule has 29 heavy (non-hydrogen) atoms. The Labute approximate surface area is 175 Å². The highest BCUT2D eigenvalue weighted by molar-refractivity contribution is 6.33. The lowest BCUT2D eigenvalue weighted by molar-refractivity contribution is 0.0303. The van der Waals surface area contributed by atoms with Gasteiger partial charge >= 0.3 is 0 Å². The van der Waals surface area contributed by atoms with Gasteiger partial charge in [-0.3, -0.25) is 0 Å². The maximum atomic E-state index is 10.2. The Balaban J connectivity index is 1.88. The number of nitrogens with two attached hydrogens (primary N) is 1. The third kappa shape index (κ3) is 4.71. The first kappa shape index (κ1) is 21.1. The van der Waals surface area contributed by atoms with E-state index in [9.17, 15) is 5.11 Å². The van der Waals surface area contributed by atoms with Crippen LogP contribution in [0.15, 0.2) is 24.5 Å². The van der Waals surface area contributed by atoms with Gasteiger partial charge in [0.25, 0.3) is 0 Å². The summed E-state index contributed by atoms with van der Waals surface area (Å²) in [5.41, 5.74) is 8.13. The van der Waals surface area contributed by atoms with Gasteiger partial charge in [0.1, 0.15) is 0 Å². The second-order valence-electron chi connectivity index (χ2n) is 7.70. The Kier molecular flexibility index (Phi) is 6.14. The smallest absolute Gasteiger partial charge is 0.226 e. The monoisotopic (exact) mass is 417 g/mol. The van der Waals surface area contributed by atoms with E-state index in [0.29, 0.717) is 41.1 Å². The lowest BCUT2D eigenvalue weighted by Gasteiger charge is -2.26. The minimum Gasteiger partial charge on any atom is -0.397 e. The predicted molar refractivity (Wildman–Crippen MR) is 118 cm³/mol. The van der Waals surface area contributed by atoms with Crippen LogP contribution in [-0.4, -0.2) is 36.8 Å². The Morgan fingerprint density at radius 3 is 2.72 bits per heavy atom. The molecule has 0 saturated carbocycles. The largest absolute Gasteiger partial charge is 0.397 e. The van der Waals surface area contributed by atoms with Crippen LogP contribution >= 0.6 is 11.6 Å². The fourth-order valence-corrected chi connectivity index (χ4v) is 2.98. The number of rotatable bonds is 8. The van der Waals surface area contributed by atoms with E-state index in [2.05, 4.69) is 25.6 Å². The Morgan fingerprint density at radius 1 is 1.28 bits per heavy atom. The van der Waals surface area contributed by atoms with Gasteiger partial charge in [-0.25, -0.2) is 4.98 Å². The number of aryl methyl sites for hydroxylation is 1. The zero-order valence-corrected chi connectivity index (χ0v) is 18.0. The van der Waals surface area contributed by atoms with Gasteiger partial charge in [0.2, 0.25) is 5.95 Å². The number of nitrogen functional groups attached to an aromatic ring is 1. The van der Waals surface area contributed by atoms with E-state index in [1.54, 1.807) is 26.2 Å². The van der Waals surface area contributed by atoms with Crippen LogP contribution in [-0.2, 0) is 13.1 Å². The second kappa shape index (κ2) is 8.42. The molecule has 5 N–H and O–H groups in total. The molecule has 1 unspecified atom stereocenters. The molecule has 1 atom stereocenters. The zero-order chi connectivity index (χ0) is 21.2. The SMILES string of the molecule is CCn1cnc2c(NCc3cccc(Cl)c3N)nc(NCC(C)C(C)(C)O)nc21. The molecule has 0 amide bonds. The third-order valence-corrected chi connectivity index (χ3v) is 5.50. The lowest BCUT2D eigenvalue weighted by atomic mass is 9.93. The van der Waals surface area contributed by atoms with Crippen molar-refractivity contribution >= 4 is 40.2 Å². The lowest BCUT2D eigenvalue weighted by Crippen LogP contribution is -2.33. The van der Waals surface area contributed by atoms with Gasteiger partial charge in [-0.15, -0.1) is 0 Å². The minimum atomic E-state index is -0.798. The number of halogens is 1. The minimum absolute atomic E-state index is 0.0144. The first-order valence-corrected chi connectivity index (χ1v) is 10.0. The number of hydrogen-bond donors (Lipinski definition) is 4. The van der Waals surface area contributed by atoms with Gasteiger partial charge < -0.3 is 26.0 Å². The van der Waals surface area contributed by atoms with Crippen molar-refractivity contribution in [1.82, 2.24) is 19.5 Å². The van der Waals surface area contributed by atoms with Gasteiger partial charge in [-0.05, 0) is 32.4 Å². The van der Waals surface area contributed by atoms with E-state index < -0.39 is 5.60 Å². The van der Waals surface area contributed by atoms with Crippen molar-refractivity contribution in [2.45, 2.75) is 46.4 Å². The fraction of sp³-hybridized carbons (Fsp3) is 0.450. The normalized spacial score (nSPS) is 12.9. The third-order valence-electron chi connectivity index (χ3n) is 5.17. The summed E-state index contributed by atoms with van der Waals surface area (Å²) in [7, 11) is 0. The van der Waals surface area contributed by atoms with Gasteiger partial charge in [0.15, 0.2) is 17.0 Å². The molecule has 0 aliphatic carbocycles. The number of aromatic nitrogens is 4. The van der Waals surface area contributed by atoms with E-state index in [1.807, 2.05) is 30.5 Å². The van der Waals surface area contributed by atoms with Crippen LogP contribution in [0.3, 0.4) is 0 Å². The van der Waals surface area contributed by atoms with Gasteiger partial charge in [-0.2, -0.15) is 9.97 Å². The molecular weight excluding hydrogens is 390 g/mol. The fourth-order valence-electron chi connectivity index (χ4n) is 2.79. The molecule has 0 fully saturated rings. The molecule has 0 spiro atoms. The highest BCUT2D eigenvalue weighted by Crippen LogP contribution is 2.26. The van der Waals surface area contributed by atoms with Gasteiger partial charge in [0.05, 0.1) is 22.6 Å². The van der Waals surface area contributed by atoms with Gasteiger partial charge in [0, 0.05) is 25.6 Å². The number of fused-ring (bicyclic) bond motifs is 1. The van der Waals surface area contributed by atoms with Crippen molar-refractivity contribution in [2.24, 2.45) is 5.92 Å². The topological polar surface area (TPSA) is 114 Å². The van der Waals surface area contributed by atoms with Crippen LogP contribution in [0.25, 0.3) is 11.2 Å². The summed E-state index contributed by atoms with van der Waals surface area (Å²) in [5.74, 6) is 1.10. The highest BCUT2D eigenvalue weighted by Gasteiger charge is 2.22. The maximum absolute atomic E-state index is 10.2. The van der Waals surface area contributed by atoms with E-state index in [-0.39, 0.29) is 5.92 Å². The Morgan fingerprint density at radius 2 is 2.03 bits per heavy atom. The molecule has 2 aromatic heterocycles. The van der Waals surface area contributed by atoms with Crippen LogP contribution in [0.4, 0.5) is 17.5 Å². The number of nitrogens with zero attached hydrogens (tertiary/aromatic N) is 4. The average molecular weight is 418 g/mol. The molecule has 156 valence electrons. The molecule has 3 rings (SSSR count). The number of hydrogen-bond acceptors (Lipinski definition) is 7. The number of para-hydroxylation sites is 1. The predicted octanol–water partition coefficient (Wildman–Crippen LogP) is 3.51. The summed E-state index contributed by atoms with van der Waals surface area (Å²) in [6.45, 7) is 9.33. The van der Waals surface area contributed by atoms with Crippen molar-refractivity contribution in [3.63, 3.8) is 0 Å². The van der Waals surface area contributed by atoms with Gasteiger partial charge in [-0.1, -0.05) is 30.7 Å². The molecule has 0 saturated heterocycles. The highest BCUT2D eigenvalue weighted by atomic mass is 35.5. The Hall–Kier alpha value is -2.58. The van der Waals surface area contributed by atoms with E-state index in [1.165, 1.54) is 0 Å². The molecule has 0 radical (unpaired) electrons. The number of benzene rings is 1. The molecule has 9 heteroatoms. The summed E-state index contributed by atoms with van der Waals surface area (Å²) < 4.78 is 1.96. The molecule has 1 aromatic carbocycles. The van der Waals surface area contributed by atoms with Crippen LogP contribution in [0.5, 0.6) is 0 Å². The summed E-state index contributed by atoms with van der Waals surface area (Å²) >= 11 is 6.12. The Bertz CT molecular complexity index is 996. The maximum Gasteiger partial charge on any atom is 0.226 e. The van der Waals surface area contributed by atoms with Crippen molar-refractivity contribution in [3.05, 3.63) is 35.1 Å². The molecular formula is C20H28ClN7O. The average Bonchev–Trinajstić information content (AvgIpc) is 3.09. The summed E-state index contributed by atoms with van der Waals surface area (Å²) in [6.07, 6.45) is 1.75. The molecule has 0 aliphatic heterocycles. The van der Waals surface area contributed by atoms with Crippen molar-refractivity contribution in [1.29, 1.82) is 0 Å². The molecule has 3 aromatic rings. The summed E-state index contributed by atoms with van der Waals surface area (Å²) in [4.78, 5) is 13.7. The van der Waals surface area contributed by atoms with E-state index in [0.717, 1.165) is 17.8 Å². The second-order valence-corrected chi connectivity index (χ2v) is 8.11. The standard InChI is InChI=1S/C20H28ClN7O/c1-5-28-11-25-16-17(23-10-13-7-6-8-14(21)15(13)22)26-19(27-18(16)28)24-9-12(2)20(3,4)29/h6-8,11-12,29H,5,9-10,22H2,1-4H3,(H2,23,24,26,27). The summed E-state index contributed by atoms with van der Waals surface area (Å²) in [6, 6.07) is 5.54. The van der Waals surface area contributed by atoms with Crippen LogP contribution < -0.4 is 16.4 Å². The van der Waals surface area contributed by atoms with Crippen LogP contribution in [0.1, 0.15) is 33.3 Å². The van der Waals surface area contributed by atoms with E-state index >= 15 is 0 Å². The van der Waals surface area contributed by atoms with Crippen molar-refractivity contribution in [2.75, 3.05) is 22.9 Å². The van der Waals surface area contributed by atoms with E-state index in [4.69, 9.17) is 17.3 Å². The molecule has 2 heterocycles. The number of anilines is 3. The quantitative estimate of drug-likeness (QED) is 0.414. The first-order chi connectivity index (χ1) is 13.7. The van der Waals surface area contributed by atoms with Crippen molar-refractivity contribution in [3.8, 4) is 0 Å². The van der Waals surface area contributed by atoms with Crippen molar-refractivity contribution < 1.29 is 5.11 Å². The molecule has 8 nitrogen and oxygen atoms in total. The number of nitrogens with one attached hydrogen (secondary N) is 2. The zero-order valence-electron chi connectivity index (χ0n) is 17.2.